The van der Waals surface area contributed by atoms with E-state index in [0.29, 0.717) is 22.4 Å². The third kappa shape index (κ3) is 1.21. The zero-order valence-electron chi connectivity index (χ0n) is 9.40. The molecule has 0 N–H and O–H groups in total. The quantitative estimate of drug-likeness (QED) is 0.589. The fourth-order valence-corrected chi connectivity index (χ4v) is 2.09. The molecule has 0 bridgehead atoms. The Labute approximate surface area is 97.2 Å². The molecule has 4 nitrogen and oxygen atoms in total. The highest BCUT2D eigenvalue weighted by molar-refractivity contribution is 6.27. The summed E-state index contributed by atoms with van der Waals surface area (Å²) in [6.07, 6.45) is 0. The topological polar surface area (TPSA) is 60.2 Å². The molecule has 0 fully saturated rings. The predicted octanol–water partition coefficient (Wildman–Crippen LogP) is 2.07. The van der Waals surface area contributed by atoms with Crippen LogP contribution in [0.4, 0.5) is 0 Å². The highest BCUT2D eigenvalue weighted by Crippen LogP contribution is 2.29. The summed E-state index contributed by atoms with van der Waals surface area (Å²) in [7, 11) is 0. The molecule has 0 atom stereocenters. The fourth-order valence-electron chi connectivity index (χ4n) is 2.09. The number of carbonyl (C=O) groups is 2. The molecule has 1 aliphatic rings. The van der Waals surface area contributed by atoms with Crippen molar-refractivity contribution in [1.82, 2.24) is 5.16 Å². The van der Waals surface area contributed by atoms with Gasteiger partial charge in [0.25, 0.3) is 0 Å². The van der Waals surface area contributed by atoms with E-state index in [2.05, 4.69) is 5.16 Å². The van der Waals surface area contributed by atoms with Crippen molar-refractivity contribution in [1.29, 1.82) is 0 Å². The van der Waals surface area contributed by atoms with Crippen molar-refractivity contribution >= 4 is 11.6 Å². The molecular formula is C13H9NO3. The summed E-state index contributed by atoms with van der Waals surface area (Å²) >= 11 is 0. The van der Waals surface area contributed by atoms with Gasteiger partial charge in [-0.25, -0.2) is 0 Å². The second-order valence-corrected chi connectivity index (χ2v) is 4.18. The van der Waals surface area contributed by atoms with Gasteiger partial charge in [0.1, 0.15) is 0 Å². The molecule has 1 aromatic heterocycles. The number of hydrogen-bond donors (Lipinski definition) is 0. The second kappa shape index (κ2) is 3.13. The van der Waals surface area contributed by atoms with Crippen LogP contribution in [0.15, 0.2) is 22.7 Å². The Bertz CT molecular complexity index is 667. The number of benzene rings is 1. The molecule has 0 radical (unpaired) electrons. The number of nitrogens with zero attached hydrogens (tertiary/aromatic N) is 1. The second-order valence-electron chi connectivity index (χ2n) is 4.18. The lowest BCUT2D eigenvalue weighted by Crippen LogP contribution is -2.20. The summed E-state index contributed by atoms with van der Waals surface area (Å²) in [6.45, 7) is 3.53. The van der Waals surface area contributed by atoms with Crippen molar-refractivity contribution in [3.05, 3.63) is 51.9 Å². The van der Waals surface area contributed by atoms with Crippen LogP contribution in [-0.4, -0.2) is 16.7 Å². The summed E-state index contributed by atoms with van der Waals surface area (Å²) in [5.74, 6) is -0.391. The molecule has 0 aliphatic heterocycles. The van der Waals surface area contributed by atoms with Crippen LogP contribution < -0.4 is 0 Å². The van der Waals surface area contributed by atoms with Gasteiger partial charge in [-0.15, -0.1) is 0 Å². The number of aryl methyl sites for hydroxylation is 2. The number of fused-ring (bicyclic) bond motifs is 2. The molecule has 1 aliphatic carbocycles. The number of ketones is 2. The van der Waals surface area contributed by atoms with E-state index >= 15 is 0 Å². The van der Waals surface area contributed by atoms with Gasteiger partial charge in [-0.2, -0.15) is 0 Å². The van der Waals surface area contributed by atoms with Crippen LogP contribution in [0.1, 0.15) is 43.3 Å². The molecule has 84 valence electrons. The van der Waals surface area contributed by atoms with Gasteiger partial charge in [0.05, 0.1) is 11.3 Å². The van der Waals surface area contributed by atoms with Gasteiger partial charge < -0.3 is 4.52 Å². The Morgan fingerprint density at radius 1 is 1.06 bits per heavy atom. The molecule has 1 heterocycles. The van der Waals surface area contributed by atoms with Crippen molar-refractivity contribution in [2.24, 2.45) is 0 Å². The fraction of sp³-hybridized carbons (Fsp3) is 0.154. The van der Waals surface area contributed by atoms with Crippen LogP contribution in [0.5, 0.6) is 0 Å². The summed E-state index contributed by atoms with van der Waals surface area (Å²) in [4.78, 5) is 24.3. The number of carbonyl (C=O) groups excluding carboxylic acids is 2. The molecule has 0 unspecified atom stereocenters. The maximum absolute atomic E-state index is 12.2. The molecule has 4 heteroatoms. The minimum atomic E-state index is -0.265. The molecular weight excluding hydrogens is 218 g/mol. The van der Waals surface area contributed by atoms with E-state index in [0.717, 1.165) is 5.56 Å². The summed E-state index contributed by atoms with van der Waals surface area (Å²) in [5.41, 5.74) is 2.53. The van der Waals surface area contributed by atoms with Gasteiger partial charge in [0, 0.05) is 11.1 Å². The molecule has 0 saturated carbocycles. The van der Waals surface area contributed by atoms with Crippen LogP contribution >= 0.6 is 0 Å². The molecule has 0 spiro atoms. The first kappa shape index (κ1) is 9.96. The standard InChI is InChI=1S/C13H9NO3/c1-6-3-4-8-9(5-6)12(16)13-10(11(8)15)7(2)14-17-13/h3-5H,1-2H3. The van der Waals surface area contributed by atoms with Gasteiger partial charge in [0.15, 0.2) is 5.78 Å². The lowest BCUT2D eigenvalue weighted by molar-refractivity contribution is 0.0955. The lowest BCUT2D eigenvalue weighted by atomic mass is 9.86. The van der Waals surface area contributed by atoms with Crippen LogP contribution in [0.25, 0.3) is 0 Å². The average molecular weight is 227 g/mol. The first-order valence-corrected chi connectivity index (χ1v) is 5.26. The van der Waals surface area contributed by atoms with Gasteiger partial charge in [-0.3, -0.25) is 9.59 Å². The van der Waals surface area contributed by atoms with Gasteiger partial charge in [-0.1, -0.05) is 22.9 Å². The van der Waals surface area contributed by atoms with Gasteiger partial charge >= 0.3 is 0 Å². The summed E-state index contributed by atoms with van der Waals surface area (Å²) in [5, 5.41) is 3.69. The molecule has 0 amide bonds. The van der Waals surface area contributed by atoms with E-state index in [-0.39, 0.29) is 17.3 Å². The Kier molecular flexibility index (Phi) is 1.84. The first-order chi connectivity index (χ1) is 8.09. The monoisotopic (exact) mass is 227 g/mol. The number of hydrogen-bond acceptors (Lipinski definition) is 4. The minimum absolute atomic E-state index is 0.0607. The average Bonchev–Trinajstić information content (AvgIpc) is 2.68. The Balaban J connectivity index is 2.34. The third-order valence-electron chi connectivity index (χ3n) is 2.96. The van der Waals surface area contributed by atoms with Crippen LogP contribution in [0.2, 0.25) is 0 Å². The van der Waals surface area contributed by atoms with Crippen molar-refractivity contribution < 1.29 is 14.1 Å². The minimum Gasteiger partial charge on any atom is -0.352 e. The number of rotatable bonds is 0. The lowest BCUT2D eigenvalue weighted by Gasteiger charge is -2.12. The van der Waals surface area contributed by atoms with Crippen molar-refractivity contribution in [3.8, 4) is 0 Å². The Morgan fingerprint density at radius 3 is 2.59 bits per heavy atom. The van der Waals surface area contributed by atoms with E-state index in [1.165, 1.54) is 0 Å². The largest absolute Gasteiger partial charge is 0.352 e. The highest BCUT2D eigenvalue weighted by Gasteiger charge is 2.35. The van der Waals surface area contributed by atoms with Crippen LogP contribution in [-0.2, 0) is 0 Å². The van der Waals surface area contributed by atoms with E-state index in [1.54, 1.807) is 19.1 Å². The van der Waals surface area contributed by atoms with Crippen molar-refractivity contribution in [3.63, 3.8) is 0 Å². The molecule has 17 heavy (non-hydrogen) atoms. The molecule has 1 aromatic carbocycles. The maximum atomic E-state index is 12.2. The van der Waals surface area contributed by atoms with Gasteiger partial charge in [0.2, 0.25) is 11.5 Å². The smallest absolute Gasteiger partial charge is 0.232 e. The van der Waals surface area contributed by atoms with E-state index in [4.69, 9.17) is 4.52 Å². The molecule has 0 saturated heterocycles. The molecule has 2 aromatic rings. The Morgan fingerprint density at radius 2 is 1.82 bits per heavy atom. The summed E-state index contributed by atoms with van der Waals surface area (Å²) in [6, 6.07) is 5.20. The maximum Gasteiger partial charge on any atom is 0.232 e. The highest BCUT2D eigenvalue weighted by atomic mass is 16.5. The Hall–Kier alpha value is -2.23. The predicted molar refractivity (Wildman–Crippen MR) is 59.3 cm³/mol. The van der Waals surface area contributed by atoms with Gasteiger partial charge in [-0.05, 0) is 19.9 Å². The van der Waals surface area contributed by atoms with E-state index < -0.39 is 0 Å². The van der Waals surface area contributed by atoms with E-state index in [9.17, 15) is 9.59 Å². The van der Waals surface area contributed by atoms with Crippen molar-refractivity contribution in [2.75, 3.05) is 0 Å². The molecule has 3 rings (SSSR count). The summed E-state index contributed by atoms with van der Waals surface area (Å²) < 4.78 is 4.95. The third-order valence-corrected chi connectivity index (χ3v) is 2.96. The van der Waals surface area contributed by atoms with Crippen LogP contribution in [0, 0.1) is 13.8 Å². The zero-order chi connectivity index (χ0) is 12.2. The SMILES string of the molecule is Cc1ccc2c(c1)C(=O)c1onc(C)c1C2=O. The van der Waals surface area contributed by atoms with Crippen molar-refractivity contribution in [2.45, 2.75) is 13.8 Å². The normalized spacial score (nSPS) is 13.5. The zero-order valence-corrected chi connectivity index (χ0v) is 9.40. The van der Waals surface area contributed by atoms with E-state index in [1.807, 2.05) is 13.0 Å². The first-order valence-electron chi connectivity index (χ1n) is 5.26. The van der Waals surface area contributed by atoms with Crippen LogP contribution in [0.3, 0.4) is 0 Å². The number of aromatic nitrogens is 1.